The average molecular weight is 167 g/mol. The minimum atomic E-state index is 1.23. The van der Waals surface area contributed by atoms with Crippen LogP contribution >= 0.6 is 0 Å². The van der Waals surface area contributed by atoms with E-state index in [0.717, 1.165) is 0 Å². The molecular weight excluding hydrogens is 157 g/mol. The molecule has 0 fully saturated rings. The predicted molar refractivity (Wildman–Crippen MR) is 52.6 cm³/mol. The number of aromatic amines is 1. The van der Waals surface area contributed by atoms with E-state index in [4.69, 9.17) is 0 Å². The van der Waals surface area contributed by atoms with Crippen LogP contribution in [-0.4, -0.2) is 32.9 Å². The molecule has 1 N–H and O–H groups in total. The van der Waals surface area contributed by atoms with Gasteiger partial charge in [0.05, 0.1) is 0 Å². The van der Waals surface area contributed by atoms with Crippen LogP contribution in [-0.2, 0) is 6.42 Å². The van der Waals surface area contributed by atoms with Gasteiger partial charge in [-0.25, -0.2) is 0 Å². The third-order valence-corrected chi connectivity index (χ3v) is 2.69. The second-order valence-corrected chi connectivity index (χ2v) is 4.11. The van der Waals surface area contributed by atoms with Crippen molar-refractivity contribution in [3.8, 4) is 0 Å². The van der Waals surface area contributed by atoms with Gasteiger partial charge in [0, 0.05) is 0 Å². The zero-order valence-corrected chi connectivity index (χ0v) is 9.30. The first-order valence-corrected chi connectivity index (χ1v) is 5.88. The summed E-state index contributed by atoms with van der Waals surface area (Å²) in [6, 6.07) is 8.50. The Kier molecular flexibility index (Phi) is 2.54. The third-order valence-electron chi connectivity index (χ3n) is 2.19. The molecule has 0 unspecified atom stereocenters. The number of hydrogen-bond acceptors (Lipinski definition) is 0. The fourth-order valence-electron chi connectivity index (χ4n) is 1.61. The van der Waals surface area contributed by atoms with Crippen LogP contribution < -0.4 is 0 Å². The number of benzene rings is 1. The number of aryl methyl sites for hydroxylation is 1. The van der Waals surface area contributed by atoms with E-state index >= 15 is 0 Å². The van der Waals surface area contributed by atoms with Gasteiger partial charge in [0.15, 0.2) is 0 Å². The fourth-order valence-corrected chi connectivity index (χ4v) is 2.15. The molecule has 2 heteroatoms. The van der Waals surface area contributed by atoms with Crippen molar-refractivity contribution in [1.29, 1.82) is 0 Å². The Morgan fingerprint density at radius 3 is 2.92 bits per heavy atom. The number of fused-ring (bicyclic) bond motifs is 1. The van der Waals surface area contributed by atoms with Gasteiger partial charge in [0.25, 0.3) is 0 Å². The molecule has 0 radical (unpaired) electrons. The second-order valence-electron chi connectivity index (χ2n) is 3.11. The quantitative estimate of drug-likeness (QED) is 0.660. The number of H-pyrrole nitrogens is 1. The maximum atomic E-state index is 3.29. The first kappa shape index (κ1) is 8.36. The van der Waals surface area contributed by atoms with Crippen molar-refractivity contribution in [2.45, 2.75) is 10.1 Å². The summed E-state index contributed by atoms with van der Waals surface area (Å²) in [4.78, 5) is 3.29. The zero-order valence-electron chi connectivity index (χ0n) is 7.30. The van der Waals surface area contributed by atoms with Crippen LogP contribution in [0.5, 0.6) is 0 Å². The van der Waals surface area contributed by atoms with Crippen molar-refractivity contribution >= 4 is 38.8 Å². The molecule has 0 aliphatic carbocycles. The molecule has 1 nitrogen and oxygen atoms in total. The van der Waals surface area contributed by atoms with Gasteiger partial charge in [-0.15, -0.1) is 0 Å². The van der Waals surface area contributed by atoms with Crippen molar-refractivity contribution < 1.29 is 0 Å². The zero-order chi connectivity index (χ0) is 8.39. The summed E-state index contributed by atoms with van der Waals surface area (Å²) in [5, 5.41) is 1.40. The molecule has 56 valence electrons. The summed E-state index contributed by atoms with van der Waals surface area (Å²) >= 11 is 1.30. The Morgan fingerprint density at radius 2 is 2.08 bits per heavy atom. The minimum absolute atomic E-state index is 1.23. The Balaban J connectivity index is 2.55. The van der Waals surface area contributed by atoms with Gasteiger partial charge in [-0.1, -0.05) is 0 Å². The summed E-state index contributed by atoms with van der Waals surface area (Å²) in [5.74, 6) is 0. The van der Waals surface area contributed by atoms with Crippen molar-refractivity contribution in [1.82, 2.24) is 4.98 Å². The van der Waals surface area contributed by atoms with E-state index in [9.17, 15) is 0 Å². The number of rotatable bonds is 2. The van der Waals surface area contributed by atoms with Gasteiger partial charge in [-0.3, -0.25) is 0 Å². The summed E-state index contributed by atoms with van der Waals surface area (Å²) in [6.07, 6.45) is 3.37. The normalized spacial score (nSPS) is 10.8. The first-order valence-electron chi connectivity index (χ1n) is 4.47. The number of para-hydroxylation sites is 1. The van der Waals surface area contributed by atoms with Gasteiger partial charge in [0.1, 0.15) is 0 Å². The molecule has 0 aliphatic rings. The van der Waals surface area contributed by atoms with E-state index in [0.29, 0.717) is 0 Å². The van der Waals surface area contributed by atoms with Crippen molar-refractivity contribution in [2.75, 3.05) is 0 Å². The van der Waals surface area contributed by atoms with Gasteiger partial charge < -0.3 is 0 Å². The van der Waals surface area contributed by atoms with Crippen LogP contribution in [0.25, 0.3) is 10.9 Å². The van der Waals surface area contributed by atoms with E-state index in [1.165, 1.54) is 54.5 Å². The average Bonchev–Trinajstić information content (AvgIpc) is 2.50. The van der Waals surface area contributed by atoms with E-state index in [1.54, 1.807) is 0 Å². The Hall–Kier alpha value is -0.240. The molecule has 1 aromatic heterocycles. The molecule has 12 heavy (non-hydrogen) atoms. The van der Waals surface area contributed by atoms with E-state index in [-0.39, 0.29) is 0 Å². The molecule has 0 atom stereocenters. The molecule has 2 aromatic rings. The van der Waals surface area contributed by atoms with Crippen LogP contribution in [0.2, 0.25) is 3.67 Å². The molecule has 0 saturated carbocycles. The Labute approximate surface area is 89.6 Å². The van der Waals surface area contributed by atoms with E-state index in [1.807, 2.05) is 0 Å². The van der Waals surface area contributed by atoms with Crippen molar-refractivity contribution in [3.63, 3.8) is 0 Å². The monoisotopic (exact) mass is 167 g/mol. The van der Waals surface area contributed by atoms with Crippen LogP contribution in [0.15, 0.2) is 30.5 Å². The Bertz CT molecular complexity index is 378. The predicted octanol–water partition coefficient (Wildman–Crippen LogP) is 2.30. The van der Waals surface area contributed by atoms with Crippen LogP contribution in [0.4, 0.5) is 0 Å². The van der Waals surface area contributed by atoms with E-state index in [2.05, 4.69) is 35.4 Å². The van der Waals surface area contributed by atoms with Crippen molar-refractivity contribution in [2.24, 2.45) is 0 Å². The molecule has 1 aromatic carbocycles. The molecular formula is C10H10NNa. The first-order chi connectivity index (χ1) is 5.92. The van der Waals surface area contributed by atoms with Gasteiger partial charge in [-0.05, 0) is 0 Å². The molecule has 0 bridgehead atoms. The van der Waals surface area contributed by atoms with E-state index < -0.39 is 0 Å². The third kappa shape index (κ3) is 1.45. The van der Waals surface area contributed by atoms with Gasteiger partial charge in [-0.2, -0.15) is 0 Å². The van der Waals surface area contributed by atoms with Gasteiger partial charge >= 0.3 is 89.9 Å². The maximum absolute atomic E-state index is 3.29. The molecule has 0 amide bonds. The summed E-state index contributed by atoms with van der Waals surface area (Å²) in [6.45, 7) is 0. The van der Waals surface area contributed by atoms with Crippen molar-refractivity contribution in [3.05, 3.63) is 36.0 Å². The standard InChI is InChI=1S/C10H10N.Na/c1-2-8-7-11-10-6-4-3-5-9(8)10;/h3-7,11H,1-2H2;. The molecule has 0 aliphatic heterocycles. The molecule has 0 saturated heterocycles. The number of hydrogen-bond donors (Lipinski definition) is 1. The number of nitrogens with one attached hydrogen (secondary N) is 1. The molecule has 0 spiro atoms. The van der Waals surface area contributed by atoms with Gasteiger partial charge in [0.2, 0.25) is 0 Å². The summed E-state index contributed by atoms with van der Waals surface area (Å²) in [5.41, 5.74) is 2.74. The SMILES string of the molecule is [Na][CH2]Cc1c[nH]c2ccccc12. The summed E-state index contributed by atoms with van der Waals surface area (Å²) < 4.78 is 1.35. The summed E-state index contributed by atoms with van der Waals surface area (Å²) in [7, 11) is 0. The van der Waals surface area contributed by atoms with Crippen LogP contribution in [0.3, 0.4) is 0 Å². The Morgan fingerprint density at radius 1 is 1.25 bits per heavy atom. The number of aromatic nitrogens is 1. The fraction of sp³-hybridized carbons (Fsp3) is 0.200. The topological polar surface area (TPSA) is 15.8 Å². The molecule has 2 rings (SSSR count). The molecule has 1 heterocycles. The second kappa shape index (κ2) is 3.65. The van der Waals surface area contributed by atoms with Crippen LogP contribution in [0.1, 0.15) is 5.56 Å². The van der Waals surface area contributed by atoms with Crippen LogP contribution in [0, 0.1) is 0 Å².